The van der Waals surface area contributed by atoms with Crippen LogP contribution in [0.2, 0.25) is 0 Å². The predicted molar refractivity (Wildman–Crippen MR) is 73.2 cm³/mol. The summed E-state index contributed by atoms with van der Waals surface area (Å²) in [5.74, 6) is 0.356. The summed E-state index contributed by atoms with van der Waals surface area (Å²) in [5, 5.41) is 9.75. The molecule has 1 heterocycles. The summed E-state index contributed by atoms with van der Waals surface area (Å²) in [5.41, 5.74) is 0.961. The first-order chi connectivity index (χ1) is 9.56. The molecule has 1 N–H and O–H groups in total. The second kappa shape index (κ2) is 8.63. The summed E-state index contributed by atoms with van der Waals surface area (Å²) < 4.78 is 15.7. The Morgan fingerprint density at radius 1 is 1.35 bits per heavy atom. The minimum absolute atomic E-state index is 0.0330. The first-order valence-electron chi connectivity index (χ1n) is 6.41. The van der Waals surface area contributed by atoms with Crippen molar-refractivity contribution in [3.63, 3.8) is 0 Å². The molecule has 0 aliphatic carbocycles. The van der Waals surface area contributed by atoms with Gasteiger partial charge in [-0.25, -0.2) is 4.98 Å². The van der Waals surface area contributed by atoms with Crippen LogP contribution in [-0.2, 0) is 9.47 Å². The molecule has 1 aromatic rings. The fourth-order valence-corrected chi connectivity index (χ4v) is 1.56. The summed E-state index contributed by atoms with van der Waals surface area (Å²) in [4.78, 5) is 14.9. The summed E-state index contributed by atoms with van der Waals surface area (Å²) in [6, 6.07) is 3.40. The number of nitrogens with zero attached hydrogens (tertiary/aromatic N) is 1. The van der Waals surface area contributed by atoms with E-state index in [-0.39, 0.29) is 25.0 Å². The number of aldehydes is 1. The van der Waals surface area contributed by atoms with Crippen LogP contribution >= 0.6 is 0 Å². The molecule has 6 heteroatoms. The van der Waals surface area contributed by atoms with Crippen LogP contribution < -0.4 is 4.74 Å². The van der Waals surface area contributed by atoms with E-state index in [9.17, 15) is 9.90 Å². The molecule has 20 heavy (non-hydrogen) atoms. The Kier molecular flexibility index (Phi) is 7.14. The van der Waals surface area contributed by atoms with Gasteiger partial charge in [-0.1, -0.05) is 0 Å². The maximum Gasteiger partial charge on any atom is 0.172 e. The van der Waals surface area contributed by atoms with Crippen LogP contribution in [0.4, 0.5) is 0 Å². The van der Waals surface area contributed by atoms with Crippen molar-refractivity contribution in [2.45, 2.75) is 26.1 Å². The van der Waals surface area contributed by atoms with Crippen LogP contribution in [0.15, 0.2) is 12.1 Å². The second-order valence-corrected chi connectivity index (χ2v) is 4.52. The van der Waals surface area contributed by atoms with Gasteiger partial charge in [-0.2, -0.15) is 0 Å². The predicted octanol–water partition coefficient (Wildman–Crippen LogP) is 0.994. The molecule has 0 fully saturated rings. The van der Waals surface area contributed by atoms with Gasteiger partial charge in [0.15, 0.2) is 6.29 Å². The third-order valence-corrected chi connectivity index (χ3v) is 2.54. The number of hydrogen-bond donors (Lipinski definition) is 1. The number of rotatable bonds is 9. The lowest BCUT2D eigenvalue weighted by molar-refractivity contribution is -0.0423. The molecule has 1 aromatic heterocycles. The number of hydrogen-bond acceptors (Lipinski definition) is 6. The summed E-state index contributed by atoms with van der Waals surface area (Å²) >= 11 is 0. The number of carbonyl (C=O) groups excluding carboxylic acids is 1. The summed E-state index contributed by atoms with van der Waals surface area (Å²) in [6.07, 6.45) is -0.248. The molecule has 0 radical (unpaired) electrons. The Labute approximate surface area is 118 Å². The van der Waals surface area contributed by atoms with Crippen LogP contribution in [0.5, 0.6) is 5.75 Å². The molecule has 0 aliphatic heterocycles. The fraction of sp³-hybridized carbons (Fsp3) is 0.571. The Bertz CT molecular complexity index is 424. The van der Waals surface area contributed by atoms with Crippen LogP contribution in [0.25, 0.3) is 0 Å². The van der Waals surface area contributed by atoms with Crippen molar-refractivity contribution in [1.82, 2.24) is 4.98 Å². The third kappa shape index (κ3) is 5.64. The fourth-order valence-electron chi connectivity index (χ4n) is 1.56. The standard InChI is InChI=1S/C14H21NO5/c1-10-4-5-14(13(6-16)15-10)20-9-12(17)8-19-11(2)7-18-3/h4-6,11-12,17H,7-9H2,1-3H3. The molecule has 112 valence electrons. The Morgan fingerprint density at radius 3 is 2.75 bits per heavy atom. The number of pyridine rings is 1. The zero-order valence-corrected chi connectivity index (χ0v) is 12.0. The number of aromatic nitrogens is 1. The highest BCUT2D eigenvalue weighted by Crippen LogP contribution is 2.15. The van der Waals surface area contributed by atoms with Crippen LogP contribution in [0.1, 0.15) is 23.1 Å². The van der Waals surface area contributed by atoms with E-state index in [0.29, 0.717) is 18.6 Å². The van der Waals surface area contributed by atoms with Gasteiger partial charge in [-0.3, -0.25) is 4.79 Å². The van der Waals surface area contributed by atoms with Crippen LogP contribution in [0, 0.1) is 6.92 Å². The lowest BCUT2D eigenvalue weighted by Gasteiger charge is -2.16. The molecule has 0 aliphatic rings. The number of aliphatic hydroxyl groups is 1. The Morgan fingerprint density at radius 2 is 2.10 bits per heavy atom. The first kappa shape index (κ1) is 16.6. The van der Waals surface area contributed by atoms with Gasteiger partial charge in [0.1, 0.15) is 24.2 Å². The highest BCUT2D eigenvalue weighted by molar-refractivity contribution is 5.76. The molecule has 2 unspecified atom stereocenters. The molecule has 0 bridgehead atoms. The first-order valence-corrected chi connectivity index (χ1v) is 6.41. The quantitative estimate of drug-likeness (QED) is 0.681. The van der Waals surface area contributed by atoms with Gasteiger partial charge >= 0.3 is 0 Å². The van der Waals surface area contributed by atoms with Gasteiger partial charge in [0.25, 0.3) is 0 Å². The van der Waals surface area contributed by atoms with Crippen molar-refractivity contribution in [3.05, 3.63) is 23.5 Å². The molecule has 6 nitrogen and oxygen atoms in total. The van der Waals surface area contributed by atoms with Crippen molar-refractivity contribution in [1.29, 1.82) is 0 Å². The molecule has 0 saturated carbocycles. The van der Waals surface area contributed by atoms with Crippen LogP contribution in [0.3, 0.4) is 0 Å². The number of aliphatic hydroxyl groups excluding tert-OH is 1. The minimum Gasteiger partial charge on any atom is -0.488 e. The maximum absolute atomic E-state index is 10.9. The van der Waals surface area contributed by atoms with E-state index in [2.05, 4.69) is 4.98 Å². The van der Waals surface area contributed by atoms with E-state index in [1.165, 1.54) is 0 Å². The Balaban J connectivity index is 2.41. The number of methoxy groups -OCH3 is 1. The monoisotopic (exact) mass is 283 g/mol. The van der Waals surface area contributed by atoms with E-state index in [1.54, 1.807) is 26.2 Å². The summed E-state index contributed by atoms with van der Waals surface area (Å²) in [6.45, 7) is 4.28. The largest absolute Gasteiger partial charge is 0.488 e. The zero-order valence-electron chi connectivity index (χ0n) is 12.0. The molecular weight excluding hydrogens is 262 g/mol. The normalized spacial score (nSPS) is 13.8. The highest BCUT2D eigenvalue weighted by atomic mass is 16.5. The minimum atomic E-state index is -0.782. The van der Waals surface area contributed by atoms with E-state index >= 15 is 0 Å². The maximum atomic E-state index is 10.9. The van der Waals surface area contributed by atoms with E-state index in [4.69, 9.17) is 14.2 Å². The number of aryl methyl sites for hydroxylation is 1. The average molecular weight is 283 g/mol. The number of carbonyl (C=O) groups is 1. The van der Waals surface area contributed by atoms with Gasteiger partial charge < -0.3 is 19.3 Å². The number of ether oxygens (including phenoxy) is 3. The van der Waals surface area contributed by atoms with Crippen molar-refractivity contribution >= 4 is 6.29 Å². The highest BCUT2D eigenvalue weighted by Gasteiger charge is 2.11. The van der Waals surface area contributed by atoms with Crippen molar-refractivity contribution in [2.75, 3.05) is 26.9 Å². The van der Waals surface area contributed by atoms with Gasteiger partial charge in [-0.05, 0) is 26.0 Å². The molecule has 0 saturated heterocycles. The van der Waals surface area contributed by atoms with Crippen LogP contribution in [-0.4, -0.2) is 55.5 Å². The zero-order chi connectivity index (χ0) is 15.0. The van der Waals surface area contributed by atoms with E-state index in [0.717, 1.165) is 5.69 Å². The Hall–Kier alpha value is -1.50. The van der Waals surface area contributed by atoms with Gasteiger partial charge in [-0.15, -0.1) is 0 Å². The molecule has 2 atom stereocenters. The average Bonchev–Trinajstić information content (AvgIpc) is 2.44. The molecule has 1 rings (SSSR count). The molecular formula is C14H21NO5. The van der Waals surface area contributed by atoms with Gasteiger partial charge in [0.2, 0.25) is 0 Å². The molecule has 0 spiro atoms. The van der Waals surface area contributed by atoms with Gasteiger partial charge in [0.05, 0.1) is 19.3 Å². The second-order valence-electron chi connectivity index (χ2n) is 4.52. The van der Waals surface area contributed by atoms with E-state index < -0.39 is 6.10 Å². The molecule has 0 amide bonds. The topological polar surface area (TPSA) is 77.9 Å². The van der Waals surface area contributed by atoms with Gasteiger partial charge in [0, 0.05) is 12.8 Å². The third-order valence-electron chi connectivity index (χ3n) is 2.54. The van der Waals surface area contributed by atoms with Crippen molar-refractivity contribution in [2.24, 2.45) is 0 Å². The van der Waals surface area contributed by atoms with E-state index in [1.807, 2.05) is 6.92 Å². The lowest BCUT2D eigenvalue weighted by Crippen LogP contribution is -2.27. The summed E-state index contributed by atoms with van der Waals surface area (Å²) in [7, 11) is 1.59. The smallest absolute Gasteiger partial charge is 0.172 e. The van der Waals surface area contributed by atoms with Crippen molar-refractivity contribution < 1.29 is 24.1 Å². The lowest BCUT2D eigenvalue weighted by atomic mass is 10.3. The molecule has 0 aromatic carbocycles. The SMILES string of the molecule is COCC(C)OCC(O)COc1ccc(C)nc1C=O. The van der Waals surface area contributed by atoms with Crippen molar-refractivity contribution in [3.8, 4) is 5.75 Å².